The first-order chi connectivity index (χ1) is 9.93. The first kappa shape index (κ1) is 20.5. The molecule has 0 aromatic heterocycles. The van der Waals surface area contributed by atoms with Crippen molar-refractivity contribution in [2.75, 3.05) is 33.5 Å². The molecule has 21 heavy (non-hydrogen) atoms. The zero-order valence-corrected chi connectivity index (χ0v) is 13.7. The Morgan fingerprint density at radius 3 is 1.33 bits per heavy atom. The van der Waals surface area contributed by atoms with E-state index in [2.05, 4.69) is 5.32 Å². The van der Waals surface area contributed by atoms with Crippen LogP contribution in [0, 0.1) is 0 Å². The Morgan fingerprint density at radius 1 is 0.714 bits per heavy atom. The molecule has 0 saturated carbocycles. The quantitative estimate of drug-likeness (QED) is 0.736. The molecule has 0 N–H and O–H groups in total. The molecule has 2 aliphatic heterocycles. The first-order valence-corrected chi connectivity index (χ1v) is 7.74. The monoisotopic (exact) mass is 285 g/mol. The largest absolute Gasteiger partial charge is 1.00 e. The van der Waals surface area contributed by atoms with Gasteiger partial charge in [-0.05, 0) is 38.5 Å². The van der Waals surface area contributed by atoms with Gasteiger partial charge in [0.1, 0.15) is 0 Å². The molecule has 1 aromatic rings. The predicted octanol–water partition coefficient (Wildman–Crippen LogP) is 1.70. The van der Waals surface area contributed by atoms with Crippen LogP contribution in [0.2, 0.25) is 0 Å². The third-order valence-corrected chi connectivity index (χ3v) is 3.17. The van der Waals surface area contributed by atoms with E-state index in [0.29, 0.717) is 0 Å². The van der Waals surface area contributed by atoms with Crippen LogP contribution in [-0.4, -0.2) is 33.5 Å². The summed E-state index contributed by atoms with van der Waals surface area (Å²) >= 11 is 0. The van der Waals surface area contributed by atoms with Gasteiger partial charge in [0.15, 0.2) is 0 Å². The van der Waals surface area contributed by atoms with Gasteiger partial charge in [-0.1, -0.05) is 30.3 Å². The van der Waals surface area contributed by atoms with E-state index in [1.165, 1.54) is 38.5 Å². The molecule has 4 heteroatoms. The molecular formula is C17H28LiNO2. The van der Waals surface area contributed by atoms with E-state index >= 15 is 0 Å². The topological polar surface area (TPSA) is 32.6 Å². The molecule has 0 atom stereocenters. The van der Waals surface area contributed by atoms with Crippen LogP contribution in [0.4, 0.5) is 5.69 Å². The average Bonchev–Trinajstić information content (AvgIpc) is 2.60. The maximum atomic E-state index is 5.07. The zero-order chi connectivity index (χ0) is 14.3. The number of nitrogens with zero attached hydrogens (tertiary/aromatic N) is 1. The Morgan fingerprint density at radius 2 is 1.14 bits per heavy atom. The Labute approximate surface area is 142 Å². The summed E-state index contributed by atoms with van der Waals surface area (Å²) in [5.41, 5.74) is 1.03. The fraction of sp³-hybridized carbons (Fsp3) is 0.647. The van der Waals surface area contributed by atoms with E-state index < -0.39 is 0 Å². The summed E-state index contributed by atoms with van der Waals surface area (Å²) in [4.78, 5) is 0. The Kier molecular flexibility index (Phi) is 15.6. The molecule has 1 aromatic carbocycles. The molecular weight excluding hydrogens is 257 g/mol. The molecule has 3 nitrogen and oxygen atoms in total. The van der Waals surface area contributed by atoms with Gasteiger partial charge in [0, 0.05) is 26.4 Å². The van der Waals surface area contributed by atoms with Crippen molar-refractivity contribution in [3.05, 3.63) is 35.6 Å². The van der Waals surface area contributed by atoms with Crippen LogP contribution in [0.1, 0.15) is 38.5 Å². The van der Waals surface area contributed by atoms with E-state index in [1.807, 2.05) is 30.3 Å². The van der Waals surface area contributed by atoms with Crippen LogP contribution in [0.3, 0.4) is 0 Å². The van der Waals surface area contributed by atoms with Crippen molar-refractivity contribution in [3.8, 4) is 0 Å². The summed E-state index contributed by atoms with van der Waals surface area (Å²) in [5, 5.41) is 3.97. The van der Waals surface area contributed by atoms with Gasteiger partial charge in [0.25, 0.3) is 0 Å². The van der Waals surface area contributed by atoms with Crippen molar-refractivity contribution in [3.63, 3.8) is 0 Å². The van der Waals surface area contributed by atoms with Crippen molar-refractivity contribution in [1.82, 2.24) is 0 Å². The number of para-hydroxylation sites is 1. The van der Waals surface area contributed by atoms with E-state index in [4.69, 9.17) is 9.47 Å². The van der Waals surface area contributed by atoms with E-state index in [-0.39, 0.29) is 18.9 Å². The second-order valence-electron chi connectivity index (χ2n) is 4.91. The van der Waals surface area contributed by atoms with Gasteiger partial charge >= 0.3 is 18.9 Å². The SMILES string of the molecule is C1CCOCC1.C1CCOCC1.C[N-]c1ccccc1.[Li+]. The Balaban J connectivity index is 0.000000283. The number of hydrogen-bond acceptors (Lipinski definition) is 2. The first-order valence-electron chi connectivity index (χ1n) is 7.74. The van der Waals surface area contributed by atoms with Crippen molar-refractivity contribution in [2.24, 2.45) is 0 Å². The molecule has 0 aliphatic carbocycles. The maximum absolute atomic E-state index is 5.07. The van der Waals surface area contributed by atoms with Gasteiger partial charge in [-0.2, -0.15) is 0 Å². The molecule has 2 aliphatic rings. The summed E-state index contributed by atoms with van der Waals surface area (Å²) in [5.74, 6) is 0. The van der Waals surface area contributed by atoms with Crippen LogP contribution < -0.4 is 18.9 Å². The zero-order valence-electron chi connectivity index (χ0n) is 13.7. The normalized spacial score (nSPS) is 17.0. The summed E-state index contributed by atoms with van der Waals surface area (Å²) in [6.45, 7) is 4.00. The van der Waals surface area contributed by atoms with Crippen LogP contribution in [-0.2, 0) is 9.47 Å². The molecule has 2 fully saturated rings. The third kappa shape index (κ3) is 13.0. The molecule has 0 amide bonds. The molecule has 0 radical (unpaired) electrons. The second kappa shape index (κ2) is 15.9. The molecule has 0 bridgehead atoms. The van der Waals surface area contributed by atoms with Crippen molar-refractivity contribution in [1.29, 1.82) is 0 Å². The number of hydrogen-bond donors (Lipinski definition) is 0. The molecule has 0 spiro atoms. The van der Waals surface area contributed by atoms with Gasteiger partial charge in [0.05, 0.1) is 0 Å². The standard InChI is InChI=1S/C7H8N.2C5H10O.Li/c1-8-7-5-3-2-4-6-7;2*1-2-4-6-5-3-1;/h2-6H,1H3;2*1-5H2;/q-1;;;+1. The van der Waals surface area contributed by atoms with Gasteiger partial charge in [-0.3, -0.25) is 0 Å². The van der Waals surface area contributed by atoms with Gasteiger partial charge in [0.2, 0.25) is 0 Å². The fourth-order valence-corrected chi connectivity index (χ4v) is 1.95. The minimum atomic E-state index is 0. The van der Waals surface area contributed by atoms with Crippen LogP contribution in [0.25, 0.3) is 5.32 Å². The maximum Gasteiger partial charge on any atom is 1.00 e. The Hall–Kier alpha value is -0.463. The van der Waals surface area contributed by atoms with Crippen molar-refractivity contribution < 1.29 is 28.3 Å². The van der Waals surface area contributed by atoms with Gasteiger partial charge in [-0.25, -0.2) is 0 Å². The molecule has 2 heterocycles. The minimum Gasteiger partial charge on any atom is -0.687 e. The number of ether oxygens (including phenoxy) is 2. The summed E-state index contributed by atoms with van der Waals surface area (Å²) in [6, 6.07) is 9.87. The minimum absolute atomic E-state index is 0. The van der Waals surface area contributed by atoms with E-state index in [1.54, 1.807) is 7.05 Å². The van der Waals surface area contributed by atoms with Crippen LogP contribution in [0.5, 0.6) is 0 Å². The Bertz CT molecular complexity index is 266. The smallest absolute Gasteiger partial charge is 0.687 e. The van der Waals surface area contributed by atoms with Crippen molar-refractivity contribution in [2.45, 2.75) is 38.5 Å². The molecule has 114 valence electrons. The second-order valence-corrected chi connectivity index (χ2v) is 4.91. The third-order valence-electron chi connectivity index (χ3n) is 3.17. The average molecular weight is 285 g/mol. The van der Waals surface area contributed by atoms with Gasteiger partial charge < -0.3 is 14.8 Å². The molecule has 3 rings (SSSR count). The fourth-order valence-electron chi connectivity index (χ4n) is 1.95. The molecule has 2 saturated heterocycles. The van der Waals surface area contributed by atoms with Crippen LogP contribution >= 0.6 is 0 Å². The number of rotatable bonds is 1. The summed E-state index contributed by atoms with van der Waals surface area (Å²) in [7, 11) is 1.79. The van der Waals surface area contributed by atoms with Gasteiger partial charge in [-0.15, -0.1) is 12.7 Å². The van der Waals surface area contributed by atoms with Crippen molar-refractivity contribution >= 4 is 5.69 Å². The molecule has 0 unspecified atom stereocenters. The van der Waals surface area contributed by atoms with E-state index in [9.17, 15) is 0 Å². The predicted molar refractivity (Wildman–Crippen MR) is 84.7 cm³/mol. The summed E-state index contributed by atoms with van der Waals surface area (Å²) in [6.07, 6.45) is 7.86. The number of benzene rings is 1. The van der Waals surface area contributed by atoms with E-state index in [0.717, 1.165) is 32.1 Å². The summed E-state index contributed by atoms with van der Waals surface area (Å²) < 4.78 is 10.1. The van der Waals surface area contributed by atoms with Crippen LogP contribution in [0.15, 0.2) is 30.3 Å².